The molecule has 1 aliphatic rings. The molecular formula is C31H41F2N7O5S. The first-order chi connectivity index (χ1) is 21.4. The Hall–Kier alpha value is -4.27. The number of benzene rings is 1. The quantitative estimate of drug-likeness (QED) is 0.275. The van der Waals surface area contributed by atoms with Crippen molar-refractivity contribution < 1.29 is 32.6 Å². The van der Waals surface area contributed by atoms with E-state index in [1.54, 1.807) is 72.3 Å². The van der Waals surface area contributed by atoms with Crippen LogP contribution in [0.5, 0.6) is 0 Å². The average molecular weight is 662 g/mol. The lowest BCUT2D eigenvalue weighted by Gasteiger charge is -2.25. The molecule has 46 heavy (non-hydrogen) atoms. The molecule has 12 nitrogen and oxygen atoms in total. The summed E-state index contributed by atoms with van der Waals surface area (Å²) in [6.45, 7) is 12.7. The summed E-state index contributed by atoms with van der Waals surface area (Å²) in [6.07, 6.45) is -0.966. The summed E-state index contributed by atoms with van der Waals surface area (Å²) in [5.41, 5.74) is -0.387. The topological polar surface area (TPSA) is 140 Å². The van der Waals surface area contributed by atoms with Crippen LogP contribution in [0.4, 0.5) is 34.9 Å². The Bertz CT molecular complexity index is 1590. The molecule has 3 amide bonds. The predicted molar refractivity (Wildman–Crippen MR) is 173 cm³/mol. The number of carbonyl (C=O) groups excluding carboxylic acids is 3. The fourth-order valence-electron chi connectivity index (χ4n) is 4.85. The smallest absolute Gasteiger partial charge is 0.412 e. The lowest BCUT2D eigenvalue weighted by Crippen LogP contribution is -2.44. The zero-order valence-electron chi connectivity index (χ0n) is 27.3. The highest BCUT2D eigenvalue weighted by atomic mass is 32.1. The maximum Gasteiger partial charge on any atom is 0.412 e. The molecule has 4 rings (SSSR count). The molecule has 0 saturated carbocycles. The van der Waals surface area contributed by atoms with Crippen LogP contribution in [0.25, 0.3) is 10.6 Å². The number of amides is 3. The first kappa shape index (κ1) is 34.6. The third-order valence-electron chi connectivity index (χ3n) is 6.79. The Labute approximate surface area is 270 Å². The van der Waals surface area contributed by atoms with Crippen molar-refractivity contribution in [3.63, 3.8) is 0 Å². The summed E-state index contributed by atoms with van der Waals surface area (Å²) in [7, 11) is 1.69. The standard InChI is InChI=1S/C31H41F2N7O5S/c1-17-9-10-19(32)18(15-17)25-37-23(26(46-25)38-29(43)45-31(5,6)7)24(41)35-22-16-34-39(8)27(22)40-13-11-20(33)21(12-14-40)36-28(42)44-30(2,3)4/h9-10,15-16,20-21H,11-14H2,1-8H3,(H,35,41)(H,36,42)(H,38,43). The van der Waals surface area contributed by atoms with E-state index < -0.39 is 47.3 Å². The number of hydrogen-bond acceptors (Lipinski definition) is 9. The molecule has 1 fully saturated rings. The van der Waals surface area contributed by atoms with Gasteiger partial charge in [-0.2, -0.15) is 5.10 Å². The molecule has 1 saturated heterocycles. The molecule has 2 aromatic heterocycles. The number of rotatable bonds is 6. The van der Waals surface area contributed by atoms with Crippen LogP contribution in [0.15, 0.2) is 24.4 Å². The van der Waals surface area contributed by atoms with Crippen LogP contribution in [0.1, 0.15) is 70.4 Å². The monoisotopic (exact) mass is 661 g/mol. The van der Waals surface area contributed by atoms with E-state index in [0.717, 1.165) is 16.9 Å². The molecule has 3 heterocycles. The number of alkyl halides is 1. The van der Waals surface area contributed by atoms with Crippen LogP contribution >= 0.6 is 11.3 Å². The van der Waals surface area contributed by atoms with E-state index in [2.05, 4.69) is 26.0 Å². The summed E-state index contributed by atoms with van der Waals surface area (Å²) < 4.78 is 42.2. The fourth-order valence-corrected chi connectivity index (χ4v) is 5.82. The summed E-state index contributed by atoms with van der Waals surface area (Å²) in [5, 5.41) is 12.6. The number of thiazole rings is 1. The summed E-state index contributed by atoms with van der Waals surface area (Å²) in [6, 6.07) is 3.77. The van der Waals surface area contributed by atoms with Crippen LogP contribution < -0.4 is 20.9 Å². The SMILES string of the molecule is Cc1ccc(F)c(-c2nc(C(=O)Nc3cnn(C)c3N3CCC(F)C(NC(=O)OC(C)(C)C)CC3)c(NC(=O)OC(C)(C)C)s2)c1. The first-order valence-corrected chi connectivity index (χ1v) is 15.7. The van der Waals surface area contributed by atoms with E-state index >= 15 is 4.39 Å². The van der Waals surface area contributed by atoms with Crippen molar-refractivity contribution in [2.75, 3.05) is 28.6 Å². The number of alkyl carbamates (subject to hydrolysis) is 1. The molecule has 2 unspecified atom stereocenters. The van der Waals surface area contributed by atoms with Crippen LogP contribution in [0.2, 0.25) is 0 Å². The molecular weight excluding hydrogens is 620 g/mol. The van der Waals surface area contributed by atoms with E-state index in [4.69, 9.17) is 9.47 Å². The van der Waals surface area contributed by atoms with Gasteiger partial charge in [-0.05, 0) is 73.4 Å². The van der Waals surface area contributed by atoms with E-state index in [-0.39, 0.29) is 40.7 Å². The van der Waals surface area contributed by atoms with Crippen molar-refractivity contribution >= 4 is 45.9 Å². The number of aryl methyl sites for hydroxylation is 2. The molecule has 3 N–H and O–H groups in total. The van der Waals surface area contributed by atoms with Gasteiger partial charge in [0, 0.05) is 25.7 Å². The number of carbonyl (C=O) groups is 3. The second kappa shape index (κ2) is 13.6. The lowest BCUT2D eigenvalue weighted by atomic mass is 10.1. The summed E-state index contributed by atoms with van der Waals surface area (Å²) >= 11 is 0.936. The Kier molecular flexibility index (Phi) is 10.2. The van der Waals surface area contributed by atoms with Crippen LogP contribution in [-0.2, 0) is 16.5 Å². The molecule has 1 aromatic carbocycles. The summed E-state index contributed by atoms with van der Waals surface area (Å²) in [4.78, 5) is 45.0. The van der Waals surface area contributed by atoms with Gasteiger partial charge in [0.05, 0.1) is 12.2 Å². The van der Waals surface area contributed by atoms with Gasteiger partial charge in [-0.15, -0.1) is 0 Å². The van der Waals surface area contributed by atoms with E-state index in [9.17, 15) is 18.8 Å². The number of aromatic nitrogens is 3. The number of nitrogens with zero attached hydrogens (tertiary/aromatic N) is 4. The predicted octanol–water partition coefficient (Wildman–Crippen LogP) is 6.42. The molecule has 3 aromatic rings. The third kappa shape index (κ3) is 8.92. The largest absolute Gasteiger partial charge is 0.444 e. The van der Waals surface area contributed by atoms with Crippen molar-refractivity contribution in [1.82, 2.24) is 20.1 Å². The minimum absolute atomic E-state index is 0.0687. The van der Waals surface area contributed by atoms with Gasteiger partial charge in [0.2, 0.25) is 0 Å². The zero-order valence-corrected chi connectivity index (χ0v) is 28.1. The molecule has 15 heteroatoms. The van der Waals surface area contributed by atoms with E-state index in [1.165, 1.54) is 12.3 Å². The molecule has 2 atom stereocenters. The number of nitrogens with one attached hydrogen (secondary N) is 3. The molecule has 0 spiro atoms. The van der Waals surface area contributed by atoms with Gasteiger partial charge in [-0.1, -0.05) is 23.0 Å². The Morgan fingerprint density at radius 2 is 1.65 bits per heavy atom. The highest BCUT2D eigenvalue weighted by molar-refractivity contribution is 7.19. The number of halogens is 2. The van der Waals surface area contributed by atoms with Gasteiger partial charge in [0.1, 0.15) is 38.9 Å². The van der Waals surface area contributed by atoms with Crippen LogP contribution in [0.3, 0.4) is 0 Å². The van der Waals surface area contributed by atoms with Gasteiger partial charge in [0.15, 0.2) is 11.5 Å². The van der Waals surface area contributed by atoms with Gasteiger partial charge < -0.3 is 25.0 Å². The minimum atomic E-state index is -1.32. The maximum absolute atomic E-state index is 15.1. The van der Waals surface area contributed by atoms with Gasteiger partial charge in [-0.3, -0.25) is 14.8 Å². The Balaban J connectivity index is 1.58. The highest BCUT2D eigenvalue weighted by Crippen LogP contribution is 2.36. The highest BCUT2D eigenvalue weighted by Gasteiger charge is 2.32. The Morgan fingerprint density at radius 1 is 1.00 bits per heavy atom. The molecule has 0 bridgehead atoms. The average Bonchev–Trinajstić information content (AvgIpc) is 3.44. The number of anilines is 3. The lowest BCUT2D eigenvalue weighted by molar-refractivity contribution is 0.0471. The second-order valence-corrected chi connectivity index (χ2v) is 14.1. The summed E-state index contributed by atoms with van der Waals surface area (Å²) in [5.74, 6) is -0.699. The van der Waals surface area contributed by atoms with Crippen molar-refractivity contribution in [2.45, 2.75) is 84.7 Å². The van der Waals surface area contributed by atoms with Crippen LogP contribution in [0, 0.1) is 12.7 Å². The second-order valence-electron chi connectivity index (χ2n) is 13.1. The molecule has 1 aliphatic heterocycles. The van der Waals surface area contributed by atoms with Gasteiger partial charge in [-0.25, -0.2) is 23.4 Å². The molecule has 250 valence electrons. The molecule has 0 radical (unpaired) electrons. The van der Waals surface area contributed by atoms with Gasteiger partial charge in [0.25, 0.3) is 5.91 Å². The van der Waals surface area contributed by atoms with Crippen molar-refractivity contribution in [3.05, 3.63) is 41.5 Å². The maximum atomic E-state index is 15.1. The van der Waals surface area contributed by atoms with Crippen molar-refractivity contribution in [2.24, 2.45) is 7.05 Å². The first-order valence-electron chi connectivity index (χ1n) is 14.9. The fraction of sp³-hybridized carbons (Fsp3) is 0.516. The van der Waals surface area contributed by atoms with Crippen molar-refractivity contribution in [3.8, 4) is 10.6 Å². The zero-order chi connectivity index (χ0) is 34.0. The van der Waals surface area contributed by atoms with Gasteiger partial charge >= 0.3 is 12.2 Å². The number of hydrogen-bond donors (Lipinski definition) is 3. The van der Waals surface area contributed by atoms with Crippen LogP contribution in [-0.4, -0.2) is 69.4 Å². The Morgan fingerprint density at radius 3 is 2.33 bits per heavy atom. The van der Waals surface area contributed by atoms with E-state index in [1.807, 2.05) is 4.90 Å². The van der Waals surface area contributed by atoms with E-state index in [0.29, 0.717) is 18.1 Å². The number of ether oxygens (including phenoxy) is 2. The third-order valence-corrected chi connectivity index (χ3v) is 7.79. The normalized spacial score (nSPS) is 17.2. The molecule has 0 aliphatic carbocycles. The van der Waals surface area contributed by atoms with Crippen molar-refractivity contribution in [1.29, 1.82) is 0 Å². The minimum Gasteiger partial charge on any atom is -0.444 e.